The van der Waals surface area contributed by atoms with E-state index in [1.165, 1.54) is 18.2 Å². The number of hydrogen-bond acceptors (Lipinski definition) is 6. The molecule has 1 aromatic heterocycles. The van der Waals surface area contributed by atoms with Gasteiger partial charge in [-0.1, -0.05) is 11.6 Å². The summed E-state index contributed by atoms with van der Waals surface area (Å²) in [4.78, 5) is 10.4. The summed E-state index contributed by atoms with van der Waals surface area (Å²) in [6, 6.07) is 3.77. The second kappa shape index (κ2) is 4.71. The van der Waals surface area contributed by atoms with Gasteiger partial charge in [0.15, 0.2) is 0 Å². The van der Waals surface area contributed by atoms with E-state index in [9.17, 15) is 10.1 Å². The zero-order valence-corrected chi connectivity index (χ0v) is 10.1. The van der Waals surface area contributed by atoms with Crippen molar-refractivity contribution in [1.29, 1.82) is 0 Å². The third-order valence-electron chi connectivity index (χ3n) is 2.22. The van der Waals surface area contributed by atoms with Crippen LogP contribution in [-0.2, 0) is 0 Å². The first kappa shape index (κ1) is 12.5. The van der Waals surface area contributed by atoms with Gasteiger partial charge in [0.2, 0.25) is 5.89 Å². The minimum absolute atomic E-state index is 0.0469. The normalized spacial score (nSPS) is 12.4. The molecule has 7 nitrogen and oxygen atoms in total. The van der Waals surface area contributed by atoms with Crippen LogP contribution in [0.25, 0.3) is 11.5 Å². The van der Waals surface area contributed by atoms with E-state index in [-0.39, 0.29) is 28.1 Å². The molecule has 0 saturated carbocycles. The zero-order chi connectivity index (χ0) is 13.3. The van der Waals surface area contributed by atoms with Crippen molar-refractivity contribution < 1.29 is 9.34 Å². The van der Waals surface area contributed by atoms with Gasteiger partial charge in [0.25, 0.3) is 11.6 Å². The monoisotopic (exact) mass is 268 g/mol. The number of nitrogens with two attached hydrogens (primary N) is 1. The fraction of sp³-hybridized carbons (Fsp3) is 0.200. The van der Waals surface area contributed by atoms with Gasteiger partial charge in [-0.15, -0.1) is 10.2 Å². The number of nitrogens with zero attached hydrogens (tertiary/aromatic N) is 3. The Morgan fingerprint density at radius 1 is 1.50 bits per heavy atom. The van der Waals surface area contributed by atoms with Gasteiger partial charge in [0.05, 0.1) is 11.0 Å². The minimum Gasteiger partial charge on any atom is -0.419 e. The number of nitro benzene ring substituents is 1. The molecule has 2 rings (SSSR count). The fourth-order valence-corrected chi connectivity index (χ4v) is 1.53. The highest BCUT2D eigenvalue weighted by molar-refractivity contribution is 6.30. The van der Waals surface area contributed by atoms with Crippen LogP contribution >= 0.6 is 11.6 Å². The van der Waals surface area contributed by atoms with Gasteiger partial charge >= 0.3 is 0 Å². The number of halogens is 1. The third-order valence-corrected chi connectivity index (χ3v) is 2.45. The highest BCUT2D eigenvalue weighted by Crippen LogP contribution is 2.31. The molecule has 18 heavy (non-hydrogen) atoms. The smallest absolute Gasteiger partial charge is 0.283 e. The van der Waals surface area contributed by atoms with Gasteiger partial charge < -0.3 is 10.2 Å². The molecule has 94 valence electrons. The van der Waals surface area contributed by atoms with Crippen molar-refractivity contribution in [1.82, 2.24) is 10.2 Å². The Kier molecular flexibility index (Phi) is 3.26. The topological polar surface area (TPSA) is 108 Å². The van der Waals surface area contributed by atoms with Gasteiger partial charge in [0.1, 0.15) is 5.56 Å². The molecular formula is C10H9ClN4O3. The Balaban J connectivity index is 2.52. The summed E-state index contributed by atoms with van der Waals surface area (Å²) in [5.41, 5.74) is 5.60. The molecule has 2 aromatic rings. The van der Waals surface area contributed by atoms with E-state index in [4.69, 9.17) is 21.8 Å². The quantitative estimate of drug-likeness (QED) is 0.676. The molecule has 0 bridgehead atoms. The van der Waals surface area contributed by atoms with Crippen LogP contribution < -0.4 is 5.73 Å². The number of benzene rings is 1. The van der Waals surface area contributed by atoms with E-state index in [1.54, 1.807) is 6.92 Å². The molecule has 0 aliphatic carbocycles. The lowest BCUT2D eigenvalue weighted by molar-refractivity contribution is -0.384. The molecule has 0 aliphatic rings. The Labute approximate surface area is 107 Å². The molecule has 1 aromatic carbocycles. The Morgan fingerprint density at radius 2 is 2.22 bits per heavy atom. The van der Waals surface area contributed by atoms with E-state index in [0.29, 0.717) is 0 Å². The van der Waals surface area contributed by atoms with Crippen LogP contribution in [0.5, 0.6) is 0 Å². The molecule has 2 N–H and O–H groups in total. The van der Waals surface area contributed by atoms with Crippen LogP contribution in [0.2, 0.25) is 5.02 Å². The van der Waals surface area contributed by atoms with Crippen LogP contribution in [-0.4, -0.2) is 15.1 Å². The Bertz CT molecular complexity index is 597. The molecule has 0 radical (unpaired) electrons. The molecule has 0 fully saturated rings. The van der Waals surface area contributed by atoms with E-state index in [2.05, 4.69) is 10.2 Å². The van der Waals surface area contributed by atoms with Crippen LogP contribution in [0.4, 0.5) is 5.69 Å². The SMILES string of the molecule is CC(N)c1nnc(-c2ccc(Cl)cc2[N+](=O)[O-])o1. The van der Waals surface area contributed by atoms with Crippen LogP contribution in [0.15, 0.2) is 22.6 Å². The fourth-order valence-electron chi connectivity index (χ4n) is 1.36. The molecule has 0 spiro atoms. The predicted molar refractivity (Wildman–Crippen MR) is 64.0 cm³/mol. The molecule has 0 aliphatic heterocycles. The molecule has 0 saturated heterocycles. The molecule has 8 heteroatoms. The summed E-state index contributed by atoms with van der Waals surface area (Å²) in [6.45, 7) is 1.67. The zero-order valence-electron chi connectivity index (χ0n) is 9.33. The summed E-state index contributed by atoms with van der Waals surface area (Å²) < 4.78 is 5.27. The van der Waals surface area contributed by atoms with Gasteiger partial charge in [-0.25, -0.2) is 0 Å². The molecular weight excluding hydrogens is 260 g/mol. The third kappa shape index (κ3) is 2.31. The number of hydrogen-bond donors (Lipinski definition) is 1. The maximum atomic E-state index is 10.9. The highest BCUT2D eigenvalue weighted by Gasteiger charge is 2.21. The van der Waals surface area contributed by atoms with Crippen molar-refractivity contribution in [3.05, 3.63) is 39.2 Å². The largest absolute Gasteiger partial charge is 0.419 e. The number of rotatable bonds is 3. The average Bonchev–Trinajstić information content (AvgIpc) is 2.78. The molecule has 1 unspecified atom stereocenters. The standard InChI is InChI=1S/C10H9ClN4O3/c1-5(12)9-13-14-10(18-9)7-3-2-6(11)4-8(7)15(16)17/h2-5H,12H2,1H3. The van der Waals surface area contributed by atoms with Crippen LogP contribution in [0.3, 0.4) is 0 Å². The summed E-state index contributed by atoms with van der Waals surface area (Å²) in [5, 5.41) is 18.6. The number of aromatic nitrogens is 2. The highest BCUT2D eigenvalue weighted by atomic mass is 35.5. The summed E-state index contributed by atoms with van der Waals surface area (Å²) in [7, 11) is 0. The summed E-state index contributed by atoms with van der Waals surface area (Å²) in [5.74, 6) is 0.264. The Hall–Kier alpha value is -1.99. The van der Waals surface area contributed by atoms with E-state index in [0.717, 1.165) is 0 Å². The molecule has 1 atom stereocenters. The van der Waals surface area contributed by atoms with Crippen molar-refractivity contribution in [3.63, 3.8) is 0 Å². The van der Waals surface area contributed by atoms with Crippen molar-refractivity contribution in [3.8, 4) is 11.5 Å². The minimum atomic E-state index is -0.559. The lowest BCUT2D eigenvalue weighted by Crippen LogP contribution is -2.04. The lowest BCUT2D eigenvalue weighted by Gasteiger charge is -1.99. The second-order valence-corrected chi connectivity index (χ2v) is 4.09. The maximum Gasteiger partial charge on any atom is 0.283 e. The van der Waals surface area contributed by atoms with Crippen molar-refractivity contribution in [2.45, 2.75) is 13.0 Å². The lowest BCUT2D eigenvalue weighted by atomic mass is 10.2. The summed E-state index contributed by atoms with van der Waals surface area (Å²) in [6.07, 6.45) is 0. The first-order valence-electron chi connectivity index (χ1n) is 5.02. The van der Waals surface area contributed by atoms with Gasteiger partial charge in [-0.2, -0.15) is 0 Å². The molecule has 0 amide bonds. The van der Waals surface area contributed by atoms with E-state index < -0.39 is 11.0 Å². The number of nitro groups is 1. The van der Waals surface area contributed by atoms with E-state index >= 15 is 0 Å². The first-order valence-corrected chi connectivity index (χ1v) is 5.40. The van der Waals surface area contributed by atoms with Crippen molar-refractivity contribution in [2.24, 2.45) is 5.73 Å². The molecule has 1 heterocycles. The first-order chi connectivity index (χ1) is 8.49. The van der Waals surface area contributed by atoms with Crippen molar-refractivity contribution >= 4 is 17.3 Å². The van der Waals surface area contributed by atoms with E-state index in [1.807, 2.05) is 0 Å². The van der Waals surface area contributed by atoms with Gasteiger partial charge in [0, 0.05) is 11.1 Å². The van der Waals surface area contributed by atoms with Crippen LogP contribution in [0.1, 0.15) is 18.9 Å². The van der Waals surface area contributed by atoms with Crippen LogP contribution in [0, 0.1) is 10.1 Å². The van der Waals surface area contributed by atoms with Gasteiger partial charge in [-0.05, 0) is 19.1 Å². The predicted octanol–water partition coefficient (Wildman–Crippen LogP) is 2.32. The average molecular weight is 269 g/mol. The maximum absolute atomic E-state index is 10.9. The summed E-state index contributed by atoms with van der Waals surface area (Å²) >= 11 is 5.71. The van der Waals surface area contributed by atoms with Gasteiger partial charge in [-0.3, -0.25) is 10.1 Å². The van der Waals surface area contributed by atoms with Crippen molar-refractivity contribution in [2.75, 3.05) is 0 Å². The Morgan fingerprint density at radius 3 is 2.78 bits per heavy atom. The second-order valence-electron chi connectivity index (χ2n) is 3.65.